The first-order valence-electron chi connectivity index (χ1n) is 8.85. The monoisotopic (exact) mass is 407 g/mol. The van der Waals surface area contributed by atoms with Crippen molar-refractivity contribution in [2.45, 2.75) is 32.1 Å². The second-order valence-electron chi connectivity index (χ2n) is 6.34. The Balaban J connectivity index is 1.96. The lowest BCUT2D eigenvalue weighted by Gasteiger charge is -2.10. The minimum atomic E-state index is -3.85. The molecule has 8 nitrogen and oxygen atoms in total. The molecule has 1 heterocycles. The van der Waals surface area contributed by atoms with Gasteiger partial charge in [0.15, 0.2) is 0 Å². The number of nitrogens with one attached hydrogen (secondary N) is 2. The highest BCUT2D eigenvalue weighted by Gasteiger charge is 2.21. The van der Waals surface area contributed by atoms with Gasteiger partial charge in [-0.05, 0) is 44.0 Å². The van der Waals surface area contributed by atoms with Gasteiger partial charge in [0.05, 0.1) is 6.61 Å². The Labute approximate surface area is 164 Å². The number of aromatic nitrogens is 1. The molecule has 1 aromatic carbocycles. The summed E-state index contributed by atoms with van der Waals surface area (Å²) in [7, 11) is -2.29. The summed E-state index contributed by atoms with van der Waals surface area (Å²) in [5.41, 5.74) is 2.86. The molecule has 0 spiro atoms. The van der Waals surface area contributed by atoms with Crippen LogP contribution in [0.4, 0.5) is 5.69 Å². The summed E-state index contributed by atoms with van der Waals surface area (Å²) < 4.78 is 33.5. The molecule has 0 bridgehead atoms. The highest BCUT2D eigenvalue weighted by atomic mass is 32.2. The number of nitrogens with zero attached hydrogens (tertiary/aromatic N) is 1. The van der Waals surface area contributed by atoms with Gasteiger partial charge >= 0.3 is 5.97 Å². The zero-order chi connectivity index (χ0) is 20.9. The SMILES string of the molecule is CCOC(=O)c1cc(S(=O)(=O)NCCC(=O)Nc2cccc(C)c2C)cn1C. The molecule has 2 aromatic rings. The van der Waals surface area contributed by atoms with Crippen LogP contribution in [0.3, 0.4) is 0 Å². The molecule has 0 saturated heterocycles. The van der Waals surface area contributed by atoms with Crippen molar-refractivity contribution in [3.8, 4) is 0 Å². The summed E-state index contributed by atoms with van der Waals surface area (Å²) in [5, 5.41) is 2.78. The van der Waals surface area contributed by atoms with Crippen LogP contribution in [-0.2, 0) is 26.6 Å². The third-order valence-electron chi connectivity index (χ3n) is 4.30. The number of sulfonamides is 1. The van der Waals surface area contributed by atoms with E-state index in [4.69, 9.17) is 4.74 Å². The van der Waals surface area contributed by atoms with Crippen molar-refractivity contribution in [1.82, 2.24) is 9.29 Å². The molecule has 1 aromatic heterocycles. The first kappa shape index (κ1) is 21.6. The first-order valence-corrected chi connectivity index (χ1v) is 10.3. The molecule has 152 valence electrons. The highest BCUT2D eigenvalue weighted by molar-refractivity contribution is 7.89. The van der Waals surface area contributed by atoms with Crippen LogP contribution in [0.5, 0.6) is 0 Å². The van der Waals surface area contributed by atoms with Crippen molar-refractivity contribution >= 4 is 27.6 Å². The van der Waals surface area contributed by atoms with Gasteiger partial charge in [-0.3, -0.25) is 4.79 Å². The number of aryl methyl sites for hydroxylation is 2. The minimum absolute atomic E-state index is 0.0236. The number of ether oxygens (including phenoxy) is 1. The maximum Gasteiger partial charge on any atom is 0.354 e. The summed E-state index contributed by atoms with van der Waals surface area (Å²) in [5.74, 6) is -0.893. The Kier molecular flexibility index (Phi) is 6.98. The summed E-state index contributed by atoms with van der Waals surface area (Å²) in [4.78, 5) is 23.9. The lowest BCUT2D eigenvalue weighted by Crippen LogP contribution is -2.27. The number of hydrogen-bond acceptors (Lipinski definition) is 5. The number of anilines is 1. The van der Waals surface area contributed by atoms with Gasteiger partial charge in [0.1, 0.15) is 10.6 Å². The molecule has 0 aliphatic carbocycles. The molecular weight excluding hydrogens is 382 g/mol. The highest BCUT2D eigenvalue weighted by Crippen LogP contribution is 2.18. The van der Waals surface area contributed by atoms with Crippen molar-refractivity contribution in [1.29, 1.82) is 0 Å². The van der Waals surface area contributed by atoms with Crippen LogP contribution in [0.1, 0.15) is 35.0 Å². The van der Waals surface area contributed by atoms with E-state index < -0.39 is 16.0 Å². The molecule has 0 fully saturated rings. The van der Waals surface area contributed by atoms with Gasteiger partial charge in [0.2, 0.25) is 15.9 Å². The van der Waals surface area contributed by atoms with E-state index >= 15 is 0 Å². The molecule has 0 atom stereocenters. The molecule has 1 amide bonds. The Bertz CT molecular complexity index is 979. The van der Waals surface area contributed by atoms with Gasteiger partial charge in [-0.25, -0.2) is 17.9 Å². The van der Waals surface area contributed by atoms with E-state index in [0.29, 0.717) is 5.69 Å². The first-order chi connectivity index (χ1) is 13.2. The van der Waals surface area contributed by atoms with E-state index in [0.717, 1.165) is 11.1 Å². The maximum atomic E-state index is 12.4. The Morgan fingerprint density at radius 3 is 2.61 bits per heavy atom. The lowest BCUT2D eigenvalue weighted by molar-refractivity contribution is -0.116. The number of benzene rings is 1. The predicted octanol–water partition coefficient (Wildman–Crippen LogP) is 2.13. The fourth-order valence-electron chi connectivity index (χ4n) is 2.57. The summed E-state index contributed by atoms with van der Waals surface area (Å²) in [6, 6.07) is 6.84. The molecule has 0 saturated carbocycles. The minimum Gasteiger partial charge on any atom is -0.461 e. The summed E-state index contributed by atoms with van der Waals surface area (Å²) in [6.45, 7) is 5.65. The Morgan fingerprint density at radius 2 is 1.93 bits per heavy atom. The number of esters is 1. The Morgan fingerprint density at radius 1 is 1.21 bits per heavy atom. The van der Waals surface area contributed by atoms with Gasteiger partial charge in [-0.2, -0.15) is 0 Å². The predicted molar refractivity (Wildman–Crippen MR) is 106 cm³/mol. The van der Waals surface area contributed by atoms with Gasteiger partial charge in [-0.1, -0.05) is 12.1 Å². The molecule has 2 N–H and O–H groups in total. The van der Waals surface area contributed by atoms with Gasteiger partial charge < -0.3 is 14.6 Å². The van der Waals surface area contributed by atoms with Gasteiger partial charge in [0.25, 0.3) is 0 Å². The van der Waals surface area contributed by atoms with E-state index in [-0.39, 0.29) is 36.1 Å². The number of rotatable bonds is 8. The standard InChI is InChI=1S/C19H25N3O5S/c1-5-27-19(24)17-11-15(12-22(17)4)28(25,26)20-10-9-18(23)21-16-8-6-7-13(2)14(16)3/h6-8,11-12,20H,5,9-10H2,1-4H3,(H,21,23). The lowest BCUT2D eigenvalue weighted by atomic mass is 10.1. The van der Waals surface area contributed by atoms with E-state index in [9.17, 15) is 18.0 Å². The number of amides is 1. The molecule has 28 heavy (non-hydrogen) atoms. The van der Waals surface area contributed by atoms with Crippen molar-refractivity contribution in [2.24, 2.45) is 7.05 Å². The van der Waals surface area contributed by atoms with Gasteiger partial charge in [0, 0.05) is 31.9 Å². The summed E-state index contributed by atoms with van der Waals surface area (Å²) >= 11 is 0. The van der Waals surface area contributed by atoms with E-state index in [2.05, 4.69) is 10.0 Å². The average Bonchev–Trinajstić information content (AvgIpc) is 3.02. The normalized spacial score (nSPS) is 11.3. The molecule has 0 radical (unpaired) electrons. The van der Waals surface area contributed by atoms with E-state index in [1.807, 2.05) is 26.0 Å². The zero-order valence-electron chi connectivity index (χ0n) is 16.4. The van der Waals surface area contributed by atoms with E-state index in [1.165, 1.54) is 16.8 Å². The molecule has 0 aliphatic rings. The van der Waals surface area contributed by atoms with Crippen LogP contribution >= 0.6 is 0 Å². The number of hydrogen-bond donors (Lipinski definition) is 2. The van der Waals surface area contributed by atoms with Crippen LogP contribution < -0.4 is 10.0 Å². The topological polar surface area (TPSA) is 106 Å². The molecule has 9 heteroatoms. The molecule has 0 aliphatic heterocycles. The molecular formula is C19H25N3O5S. The Hall–Kier alpha value is -2.65. The largest absolute Gasteiger partial charge is 0.461 e. The summed E-state index contributed by atoms with van der Waals surface area (Å²) in [6.07, 6.45) is 1.30. The van der Waals surface area contributed by atoms with Crippen LogP contribution in [-0.4, -0.2) is 38.0 Å². The molecule has 0 unspecified atom stereocenters. The van der Waals surface area contributed by atoms with Crippen molar-refractivity contribution < 1.29 is 22.7 Å². The van der Waals surface area contributed by atoms with Crippen LogP contribution in [0.2, 0.25) is 0 Å². The van der Waals surface area contributed by atoms with Crippen molar-refractivity contribution in [2.75, 3.05) is 18.5 Å². The van der Waals surface area contributed by atoms with Crippen molar-refractivity contribution in [3.63, 3.8) is 0 Å². The number of carbonyl (C=O) groups is 2. The van der Waals surface area contributed by atoms with Crippen LogP contribution in [0.15, 0.2) is 35.4 Å². The van der Waals surface area contributed by atoms with Gasteiger partial charge in [-0.15, -0.1) is 0 Å². The average molecular weight is 407 g/mol. The van der Waals surface area contributed by atoms with E-state index in [1.54, 1.807) is 20.0 Å². The second kappa shape index (κ2) is 9.03. The van der Waals surface area contributed by atoms with Crippen LogP contribution in [0.25, 0.3) is 0 Å². The second-order valence-corrected chi connectivity index (χ2v) is 8.10. The fraction of sp³-hybridized carbons (Fsp3) is 0.368. The number of carbonyl (C=O) groups excluding carboxylic acids is 2. The third kappa shape index (κ3) is 5.20. The van der Waals surface area contributed by atoms with Crippen LogP contribution in [0, 0.1) is 13.8 Å². The quantitative estimate of drug-likeness (QED) is 0.652. The third-order valence-corrected chi connectivity index (χ3v) is 5.73. The fourth-order valence-corrected chi connectivity index (χ4v) is 3.67. The molecule has 2 rings (SSSR count). The maximum absolute atomic E-state index is 12.4. The zero-order valence-corrected chi connectivity index (χ0v) is 17.2. The van der Waals surface area contributed by atoms with Crippen molar-refractivity contribution in [3.05, 3.63) is 47.3 Å². The smallest absolute Gasteiger partial charge is 0.354 e.